The minimum Gasteiger partial charge on any atom is -0.481 e. The molecule has 0 aliphatic carbocycles. The Bertz CT molecular complexity index is 247. The van der Waals surface area contributed by atoms with Gasteiger partial charge in [-0.05, 0) is 18.3 Å². The molecule has 0 heterocycles. The maximum Gasteiger partial charge on any atom is 0.303 e. The van der Waals surface area contributed by atoms with Gasteiger partial charge in [-0.3, -0.25) is 9.59 Å². The molecule has 0 aromatic carbocycles. The second-order valence-electron chi connectivity index (χ2n) is 5.25. The van der Waals surface area contributed by atoms with E-state index < -0.39 is 5.97 Å². The first-order valence-electron chi connectivity index (χ1n) is 5.74. The second kappa shape index (κ2) is 6.51. The molecule has 0 atom stereocenters. The first kappa shape index (κ1) is 14.9. The average molecular weight is 229 g/mol. The van der Waals surface area contributed by atoms with Crippen LogP contribution in [0.1, 0.15) is 47.0 Å². The fraction of sp³-hybridized carbons (Fsp3) is 0.833. The lowest BCUT2D eigenvalue weighted by Crippen LogP contribution is -2.31. The molecule has 4 nitrogen and oxygen atoms in total. The van der Waals surface area contributed by atoms with E-state index >= 15 is 0 Å². The van der Waals surface area contributed by atoms with Crippen LogP contribution in [0.4, 0.5) is 0 Å². The monoisotopic (exact) mass is 229 g/mol. The fourth-order valence-electron chi connectivity index (χ4n) is 1.30. The molecule has 0 rings (SSSR count). The highest BCUT2D eigenvalue weighted by atomic mass is 16.4. The Balaban J connectivity index is 3.81. The van der Waals surface area contributed by atoms with Crippen molar-refractivity contribution >= 4 is 11.9 Å². The van der Waals surface area contributed by atoms with E-state index in [9.17, 15) is 9.59 Å². The maximum atomic E-state index is 11.3. The minimum absolute atomic E-state index is 0.00197. The zero-order chi connectivity index (χ0) is 12.8. The Morgan fingerprint density at radius 1 is 1.25 bits per heavy atom. The van der Waals surface area contributed by atoms with Crippen LogP contribution in [0.15, 0.2) is 0 Å². The molecule has 0 aliphatic rings. The molecule has 0 aliphatic heterocycles. The molecule has 0 aromatic heterocycles. The van der Waals surface area contributed by atoms with E-state index in [1.165, 1.54) is 0 Å². The van der Waals surface area contributed by atoms with Crippen molar-refractivity contribution in [3.05, 3.63) is 0 Å². The van der Waals surface area contributed by atoms with Crippen molar-refractivity contribution < 1.29 is 14.7 Å². The molecule has 0 saturated carbocycles. The van der Waals surface area contributed by atoms with Crippen molar-refractivity contribution in [1.82, 2.24) is 5.32 Å². The summed E-state index contributed by atoms with van der Waals surface area (Å²) in [6, 6.07) is 0. The van der Waals surface area contributed by atoms with Gasteiger partial charge in [0.05, 0.1) is 0 Å². The Labute approximate surface area is 97.4 Å². The summed E-state index contributed by atoms with van der Waals surface area (Å²) in [6.45, 7) is 8.37. The Hall–Kier alpha value is -1.06. The Kier molecular flexibility index (Phi) is 6.08. The van der Waals surface area contributed by atoms with Gasteiger partial charge < -0.3 is 10.4 Å². The lowest BCUT2D eigenvalue weighted by Gasteiger charge is -2.24. The molecule has 0 spiro atoms. The third-order valence-electron chi connectivity index (χ3n) is 2.64. The Morgan fingerprint density at radius 3 is 2.25 bits per heavy atom. The van der Waals surface area contributed by atoms with E-state index in [-0.39, 0.29) is 23.7 Å². The summed E-state index contributed by atoms with van der Waals surface area (Å²) in [5.41, 5.74) is -0.0390. The zero-order valence-corrected chi connectivity index (χ0v) is 10.7. The third kappa shape index (κ3) is 7.26. The number of aliphatic carboxylic acids is 1. The highest BCUT2D eigenvalue weighted by molar-refractivity contribution is 5.77. The number of amides is 1. The van der Waals surface area contributed by atoms with Crippen molar-refractivity contribution in [2.45, 2.75) is 47.0 Å². The lowest BCUT2D eigenvalue weighted by atomic mass is 9.84. The van der Waals surface area contributed by atoms with Gasteiger partial charge in [0.1, 0.15) is 0 Å². The van der Waals surface area contributed by atoms with Crippen molar-refractivity contribution in [1.29, 1.82) is 0 Å². The second-order valence-corrected chi connectivity index (χ2v) is 5.25. The number of carbonyl (C=O) groups is 2. The van der Waals surface area contributed by atoms with Gasteiger partial charge >= 0.3 is 5.97 Å². The molecule has 2 N–H and O–H groups in total. The molecule has 94 valence electrons. The summed E-state index contributed by atoms with van der Waals surface area (Å²) < 4.78 is 0. The van der Waals surface area contributed by atoms with Crippen molar-refractivity contribution in [2.75, 3.05) is 6.54 Å². The van der Waals surface area contributed by atoms with Crippen molar-refractivity contribution in [2.24, 2.45) is 11.3 Å². The SMILES string of the molecule is CC(C)C(=O)NCCC(C)(C)CCC(=O)O. The van der Waals surface area contributed by atoms with Gasteiger partial charge in [-0.2, -0.15) is 0 Å². The first-order chi connectivity index (χ1) is 7.24. The normalized spacial score (nSPS) is 11.6. The maximum absolute atomic E-state index is 11.3. The fourth-order valence-corrected chi connectivity index (χ4v) is 1.30. The van der Waals surface area contributed by atoms with Crippen LogP contribution in [-0.2, 0) is 9.59 Å². The van der Waals surface area contributed by atoms with Gasteiger partial charge in [0.15, 0.2) is 0 Å². The lowest BCUT2D eigenvalue weighted by molar-refractivity contribution is -0.137. The Morgan fingerprint density at radius 2 is 1.81 bits per heavy atom. The number of nitrogens with one attached hydrogen (secondary N) is 1. The molecular weight excluding hydrogens is 206 g/mol. The third-order valence-corrected chi connectivity index (χ3v) is 2.64. The van der Waals surface area contributed by atoms with E-state index in [1.54, 1.807) is 0 Å². The number of carboxylic acid groups (broad SMARTS) is 1. The standard InChI is InChI=1S/C12H23NO3/c1-9(2)11(16)13-8-7-12(3,4)6-5-10(14)15/h9H,5-8H2,1-4H3,(H,13,16)(H,14,15). The number of hydrogen-bond donors (Lipinski definition) is 2. The number of carbonyl (C=O) groups excluding carboxylic acids is 1. The summed E-state index contributed by atoms with van der Waals surface area (Å²) in [4.78, 5) is 21.7. The van der Waals surface area contributed by atoms with E-state index in [1.807, 2.05) is 27.7 Å². The zero-order valence-electron chi connectivity index (χ0n) is 10.7. The van der Waals surface area contributed by atoms with Gasteiger partial charge in [0.25, 0.3) is 0 Å². The van der Waals surface area contributed by atoms with Crippen molar-refractivity contribution in [3.63, 3.8) is 0 Å². The van der Waals surface area contributed by atoms with Crippen LogP contribution in [0.2, 0.25) is 0 Å². The highest BCUT2D eigenvalue weighted by Gasteiger charge is 2.19. The highest BCUT2D eigenvalue weighted by Crippen LogP contribution is 2.25. The summed E-state index contributed by atoms with van der Waals surface area (Å²) in [6.07, 6.45) is 1.63. The van der Waals surface area contributed by atoms with E-state index in [4.69, 9.17) is 5.11 Å². The van der Waals surface area contributed by atoms with Gasteiger partial charge in [-0.25, -0.2) is 0 Å². The van der Waals surface area contributed by atoms with Crippen molar-refractivity contribution in [3.8, 4) is 0 Å². The van der Waals surface area contributed by atoms with Crippen LogP contribution in [-0.4, -0.2) is 23.5 Å². The average Bonchev–Trinajstić information content (AvgIpc) is 2.14. The topological polar surface area (TPSA) is 66.4 Å². The van der Waals surface area contributed by atoms with E-state index in [0.29, 0.717) is 13.0 Å². The number of carboxylic acids is 1. The van der Waals surface area contributed by atoms with Crippen LogP contribution in [0, 0.1) is 11.3 Å². The largest absolute Gasteiger partial charge is 0.481 e. The molecule has 0 saturated heterocycles. The molecule has 0 aromatic rings. The molecule has 1 amide bonds. The number of hydrogen-bond acceptors (Lipinski definition) is 2. The van der Waals surface area contributed by atoms with Crippen LogP contribution in [0.5, 0.6) is 0 Å². The molecule has 0 radical (unpaired) electrons. The van der Waals surface area contributed by atoms with Gasteiger partial charge in [-0.15, -0.1) is 0 Å². The molecular formula is C12H23NO3. The van der Waals surface area contributed by atoms with Crippen LogP contribution >= 0.6 is 0 Å². The summed E-state index contributed by atoms with van der Waals surface area (Å²) >= 11 is 0. The van der Waals surface area contributed by atoms with E-state index in [0.717, 1.165) is 6.42 Å². The predicted octanol–water partition coefficient (Wildman–Crippen LogP) is 2.04. The first-order valence-corrected chi connectivity index (χ1v) is 5.74. The van der Waals surface area contributed by atoms with Crippen LogP contribution in [0.25, 0.3) is 0 Å². The quantitative estimate of drug-likeness (QED) is 0.702. The molecule has 4 heteroatoms. The predicted molar refractivity (Wildman–Crippen MR) is 63.1 cm³/mol. The van der Waals surface area contributed by atoms with Crippen LogP contribution < -0.4 is 5.32 Å². The molecule has 0 unspecified atom stereocenters. The van der Waals surface area contributed by atoms with Crippen LogP contribution in [0.3, 0.4) is 0 Å². The smallest absolute Gasteiger partial charge is 0.303 e. The van der Waals surface area contributed by atoms with Gasteiger partial charge in [0, 0.05) is 18.9 Å². The minimum atomic E-state index is -0.765. The van der Waals surface area contributed by atoms with Gasteiger partial charge in [-0.1, -0.05) is 27.7 Å². The molecule has 0 bridgehead atoms. The summed E-state index contributed by atoms with van der Waals surface area (Å²) in [5, 5.41) is 11.4. The summed E-state index contributed by atoms with van der Waals surface area (Å²) in [5.74, 6) is -0.713. The summed E-state index contributed by atoms with van der Waals surface area (Å²) in [7, 11) is 0. The molecule has 16 heavy (non-hydrogen) atoms. The number of rotatable bonds is 7. The van der Waals surface area contributed by atoms with Gasteiger partial charge in [0.2, 0.25) is 5.91 Å². The molecule has 0 fully saturated rings. The van der Waals surface area contributed by atoms with E-state index in [2.05, 4.69) is 5.32 Å².